The first-order chi connectivity index (χ1) is 7.87. The largest absolute Gasteiger partial charge is 0.481 e. The summed E-state index contributed by atoms with van der Waals surface area (Å²) in [6, 6.07) is 1.67. The van der Waals surface area contributed by atoms with Crippen molar-refractivity contribution in [3.05, 3.63) is 0 Å². The smallest absolute Gasteiger partial charge is 0.306 e. The summed E-state index contributed by atoms with van der Waals surface area (Å²) in [6.07, 6.45) is -0.894. The van der Waals surface area contributed by atoms with Gasteiger partial charge in [0.25, 0.3) is 0 Å². The molecule has 1 aliphatic heterocycles. The lowest BCUT2D eigenvalue weighted by Gasteiger charge is -2.32. The molecule has 2 atom stereocenters. The summed E-state index contributed by atoms with van der Waals surface area (Å²) in [5, 5.41) is 16.1. The van der Waals surface area contributed by atoms with E-state index in [1.165, 1.54) is 6.92 Å². The Morgan fingerprint density at radius 3 is 2.88 bits per heavy atom. The van der Waals surface area contributed by atoms with Gasteiger partial charge in [0.05, 0.1) is 25.2 Å². The molecule has 0 bridgehead atoms. The second-order valence-corrected chi connectivity index (χ2v) is 6.02. The van der Waals surface area contributed by atoms with Crippen LogP contribution in [0.2, 0.25) is 0 Å². The van der Waals surface area contributed by atoms with Gasteiger partial charge in [0.2, 0.25) is 10.0 Å². The van der Waals surface area contributed by atoms with Crippen LogP contribution in [0.4, 0.5) is 0 Å². The highest BCUT2D eigenvalue weighted by molar-refractivity contribution is 7.89. The third-order valence-corrected chi connectivity index (χ3v) is 4.54. The van der Waals surface area contributed by atoms with Crippen molar-refractivity contribution in [2.45, 2.75) is 24.7 Å². The first-order valence-corrected chi connectivity index (χ1v) is 6.60. The minimum absolute atomic E-state index is 0.0132. The molecule has 0 saturated carbocycles. The predicted molar refractivity (Wildman–Crippen MR) is 57.6 cm³/mol. The first kappa shape index (κ1) is 13.9. The Morgan fingerprint density at radius 2 is 2.35 bits per heavy atom. The number of ether oxygens (including phenoxy) is 1. The van der Waals surface area contributed by atoms with Crippen LogP contribution in [0.25, 0.3) is 0 Å². The van der Waals surface area contributed by atoms with E-state index in [1.807, 2.05) is 0 Å². The van der Waals surface area contributed by atoms with Crippen LogP contribution in [0.5, 0.6) is 0 Å². The summed E-state index contributed by atoms with van der Waals surface area (Å²) in [5.41, 5.74) is 0. The van der Waals surface area contributed by atoms with Crippen LogP contribution in [0.15, 0.2) is 0 Å². The van der Waals surface area contributed by atoms with Crippen molar-refractivity contribution in [2.75, 3.05) is 19.7 Å². The standard InChI is InChI=1S/C9H14N2O5S/c1-7(5-10)17(14,15)11-2-3-16-8(6-11)4-9(12)13/h7-8H,2-4,6H2,1H3,(H,12,13). The summed E-state index contributed by atoms with van der Waals surface area (Å²) >= 11 is 0. The summed E-state index contributed by atoms with van der Waals surface area (Å²) in [5.74, 6) is -1.04. The van der Waals surface area contributed by atoms with Gasteiger partial charge in [-0.2, -0.15) is 9.57 Å². The molecule has 7 nitrogen and oxygen atoms in total. The number of hydrogen-bond acceptors (Lipinski definition) is 5. The lowest BCUT2D eigenvalue weighted by atomic mass is 10.2. The molecule has 1 heterocycles. The summed E-state index contributed by atoms with van der Waals surface area (Å²) in [4.78, 5) is 10.5. The van der Waals surface area contributed by atoms with Crippen LogP contribution in [0, 0.1) is 11.3 Å². The third kappa shape index (κ3) is 3.39. The molecule has 2 unspecified atom stereocenters. The van der Waals surface area contributed by atoms with Crippen molar-refractivity contribution in [2.24, 2.45) is 0 Å². The zero-order chi connectivity index (χ0) is 13.1. The Bertz CT molecular complexity index is 427. The molecule has 0 radical (unpaired) electrons. The fraction of sp³-hybridized carbons (Fsp3) is 0.778. The molecule has 1 fully saturated rings. The molecule has 0 amide bonds. The molecule has 0 aromatic heterocycles. The zero-order valence-corrected chi connectivity index (χ0v) is 10.2. The molecule has 0 aromatic carbocycles. The van der Waals surface area contributed by atoms with Crippen LogP contribution >= 0.6 is 0 Å². The average molecular weight is 262 g/mol. The maximum atomic E-state index is 11.8. The van der Waals surface area contributed by atoms with Gasteiger partial charge in [0.1, 0.15) is 0 Å². The first-order valence-electron chi connectivity index (χ1n) is 5.10. The van der Waals surface area contributed by atoms with E-state index >= 15 is 0 Å². The van der Waals surface area contributed by atoms with Crippen LogP contribution in [-0.2, 0) is 19.6 Å². The highest BCUT2D eigenvalue weighted by Crippen LogP contribution is 2.15. The summed E-state index contributed by atoms with van der Waals surface area (Å²) in [6.45, 7) is 1.59. The lowest BCUT2D eigenvalue weighted by Crippen LogP contribution is -2.48. The van der Waals surface area contributed by atoms with Crippen LogP contribution in [0.1, 0.15) is 13.3 Å². The van der Waals surface area contributed by atoms with Crippen molar-refractivity contribution >= 4 is 16.0 Å². The fourth-order valence-electron chi connectivity index (χ4n) is 1.53. The molecule has 0 aromatic rings. The molecular weight excluding hydrogens is 248 g/mol. The maximum Gasteiger partial charge on any atom is 0.306 e. The molecule has 1 rings (SSSR count). The molecule has 0 aliphatic carbocycles. The number of sulfonamides is 1. The summed E-state index contributed by atoms with van der Waals surface area (Å²) in [7, 11) is -3.68. The Labute approximate surface area is 99.6 Å². The SMILES string of the molecule is CC(C#N)S(=O)(=O)N1CCOC(CC(=O)O)C1. The molecule has 1 N–H and O–H groups in total. The topological polar surface area (TPSA) is 108 Å². The number of rotatable bonds is 4. The fourth-order valence-corrected chi connectivity index (χ4v) is 2.82. The molecule has 1 saturated heterocycles. The second-order valence-electron chi connectivity index (χ2n) is 3.76. The monoisotopic (exact) mass is 262 g/mol. The van der Waals surface area contributed by atoms with Gasteiger partial charge in [-0.3, -0.25) is 4.79 Å². The van der Waals surface area contributed by atoms with Crippen molar-refractivity contribution in [1.29, 1.82) is 5.26 Å². The highest BCUT2D eigenvalue weighted by Gasteiger charge is 2.34. The van der Waals surface area contributed by atoms with Crippen molar-refractivity contribution < 1.29 is 23.1 Å². The number of hydrogen-bond donors (Lipinski definition) is 1. The molecule has 96 valence electrons. The number of carboxylic acids is 1. The number of carboxylic acid groups (broad SMARTS) is 1. The zero-order valence-electron chi connectivity index (χ0n) is 9.37. The quantitative estimate of drug-likeness (QED) is 0.725. The Morgan fingerprint density at radius 1 is 1.71 bits per heavy atom. The Balaban J connectivity index is 2.73. The van der Waals surface area contributed by atoms with E-state index < -0.39 is 27.3 Å². The van der Waals surface area contributed by atoms with E-state index in [0.717, 1.165) is 4.31 Å². The molecule has 8 heteroatoms. The van der Waals surface area contributed by atoms with Crippen LogP contribution in [0.3, 0.4) is 0 Å². The van der Waals surface area contributed by atoms with Gasteiger partial charge in [-0.25, -0.2) is 8.42 Å². The van der Waals surface area contributed by atoms with E-state index in [1.54, 1.807) is 6.07 Å². The number of morpholine rings is 1. The van der Waals surface area contributed by atoms with E-state index in [4.69, 9.17) is 15.1 Å². The van der Waals surface area contributed by atoms with E-state index in [2.05, 4.69) is 0 Å². The highest BCUT2D eigenvalue weighted by atomic mass is 32.2. The van der Waals surface area contributed by atoms with Gasteiger partial charge in [-0.15, -0.1) is 0 Å². The number of aliphatic carboxylic acids is 1. The van der Waals surface area contributed by atoms with Gasteiger partial charge < -0.3 is 9.84 Å². The minimum atomic E-state index is -3.68. The van der Waals surface area contributed by atoms with Gasteiger partial charge in [0, 0.05) is 13.1 Å². The Kier molecular flexibility index (Phi) is 4.45. The summed E-state index contributed by atoms with van der Waals surface area (Å²) < 4.78 is 30.0. The van der Waals surface area contributed by atoms with E-state index in [0.29, 0.717) is 0 Å². The average Bonchev–Trinajstić information content (AvgIpc) is 2.27. The maximum absolute atomic E-state index is 11.8. The van der Waals surface area contributed by atoms with Gasteiger partial charge in [-0.1, -0.05) is 0 Å². The molecular formula is C9H14N2O5S. The molecule has 1 aliphatic rings. The molecule has 0 spiro atoms. The van der Waals surface area contributed by atoms with Gasteiger partial charge >= 0.3 is 5.97 Å². The normalized spacial score (nSPS) is 23.9. The second kappa shape index (κ2) is 5.44. The lowest BCUT2D eigenvalue weighted by molar-refractivity contribution is -0.141. The number of nitriles is 1. The van der Waals surface area contributed by atoms with Crippen molar-refractivity contribution in [1.82, 2.24) is 4.31 Å². The van der Waals surface area contributed by atoms with Crippen molar-refractivity contribution in [3.8, 4) is 6.07 Å². The third-order valence-electron chi connectivity index (χ3n) is 2.49. The van der Waals surface area contributed by atoms with Crippen LogP contribution < -0.4 is 0 Å². The van der Waals surface area contributed by atoms with Crippen LogP contribution in [-0.4, -0.2) is 54.8 Å². The van der Waals surface area contributed by atoms with E-state index in [9.17, 15) is 13.2 Å². The number of nitrogens with zero attached hydrogens (tertiary/aromatic N) is 2. The molecule has 17 heavy (non-hydrogen) atoms. The van der Waals surface area contributed by atoms with Gasteiger partial charge in [0.15, 0.2) is 5.25 Å². The number of carbonyl (C=O) groups is 1. The Hall–Kier alpha value is -1.17. The van der Waals surface area contributed by atoms with Gasteiger partial charge in [-0.05, 0) is 6.92 Å². The predicted octanol–water partition coefficient (Wildman–Crippen LogP) is -0.596. The minimum Gasteiger partial charge on any atom is -0.481 e. The van der Waals surface area contributed by atoms with Crippen molar-refractivity contribution in [3.63, 3.8) is 0 Å². The van der Waals surface area contributed by atoms with E-state index in [-0.39, 0.29) is 26.1 Å².